The lowest BCUT2D eigenvalue weighted by molar-refractivity contribution is 0.781. The van der Waals surface area contributed by atoms with Crippen molar-refractivity contribution in [2.75, 3.05) is 0 Å². The third kappa shape index (κ3) is 3.27. The van der Waals surface area contributed by atoms with Crippen LogP contribution in [0.4, 0.5) is 0 Å². The van der Waals surface area contributed by atoms with Crippen molar-refractivity contribution in [2.45, 2.75) is 13.0 Å². The van der Waals surface area contributed by atoms with E-state index in [1.165, 1.54) is 33.4 Å². The highest BCUT2D eigenvalue weighted by Gasteiger charge is 2.15. The van der Waals surface area contributed by atoms with Gasteiger partial charge in [-0.2, -0.15) is 0 Å². The molecular formula is C24H21N. The minimum absolute atomic E-state index is 0.315. The minimum Gasteiger partial charge on any atom is -0.384 e. The van der Waals surface area contributed by atoms with Crippen molar-refractivity contribution >= 4 is 11.1 Å². The molecule has 122 valence electrons. The number of benzene rings is 3. The molecule has 1 heterocycles. The van der Waals surface area contributed by atoms with Crippen LogP contribution < -0.4 is 5.32 Å². The molecule has 1 unspecified atom stereocenters. The van der Waals surface area contributed by atoms with Crippen LogP contribution in [0, 0.1) is 0 Å². The van der Waals surface area contributed by atoms with Crippen LogP contribution in [-0.4, -0.2) is 6.04 Å². The van der Waals surface area contributed by atoms with E-state index in [2.05, 4.69) is 103 Å². The maximum atomic E-state index is 3.50. The van der Waals surface area contributed by atoms with Crippen LogP contribution >= 0.6 is 0 Å². The van der Waals surface area contributed by atoms with E-state index in [1.54, 1.807) is 0 Å². The zero-order chi connectivity index (χ0) is 17.1. The van der Waals surface area contributed by atoms with Crippen LogP contribution in [0.3, 0.4) is 0 Å². The Labute approximate surface area is 149 Å². The molecule has 1 aliphatic rings. The molecule has 4 rings (SSSR count). The van der Waals surface area contributed by atoms with E-state index in [0.29, 0.717) is 6.04 Å². The Hall–Kier alpha value is -3.06. The summed E-state index contributed by atoms with van der Waals surface area (Å²) >= 11 is 0. The number of nitrogens with one attached hydrogen (secondary N) is 1. The standard InChI is InChI=1S/C24H21N/c1-18-24(22-10-6-3-7-11-22)16-23(17-25-18)21-14-12-20(13-15-21)19-8-4-2-5-9-19/h2-18,25H,1H3. The number of rotatable bonds is 3. The summed E-state index contributed by atoms with van der Waals surface area (Å²) in [6, 6.07) is 30.2. The van der Waals surface area contributed by atoms with Crippen LogP contribution in [0.15, 0.2) is 97.2 Å². The second-order valence-electron chi connectivity index (χ2n) is 6.40. The van der Waals surface area contributed by atoms with Gasteiger partial charge in [0.15, 0.2) is 0 Å². The van der Waals surface area contributed by atoms with Crippen molar-refractivity contribution in [3.63, 3.8) is 0 Å². The van der Waals surface area contributed by atoms with E-state index < -0.39 is 0 Å². The van der Waals surface area contributed by atoms with E-state index in [0.717, 1.165) is 0 Å². The molecule has 0 fully saturated rings. The van der Waals surface area contributed by atoms with Crippen molar-refractivity contribution in [1.29, 1.82) is 0 Å². The van der Waals surface area contributed by atoms with Crippen LogP contribution in [0.1, 0.15) is 18.1 Å². The number of hydrogen-bond acceptors (Lipinski definition) is 1. The maximum Gasteiger partial charge on any atom is 0.0486 e. The molecule has 0 amide bonds. The van der Waals surface area contributed by atoms with Gasteiger partial charge in [0.05, 0.1) is 0 Å². The third-order valence-corrected chi connectivity index (χ3v) is 4.70. The average molecular weight is 323 g/mol. The molecule has 1 heteroatoms. The summed E-state index contributed by atoms with van der Waals surface area (Å²) in [4.78, 5) is 0. The Morgan fingerprint density at radius 1 is 0.600 bits per heavy atom. The van der Waals surface area contributed by atoms with Gasteiger partial charge in [0.1, 0.15) is 0 Å². The summed E-state index contributed by atoms with van der Waals surface area (Å²) in [6.45, 7) is 2.20. The minimum atomic E-state index is 0.315. The number of hydrogen-bond donors (Lipinski definition) is 1. The molecule has 3 aromatic carbocycles. The van der Waals surface area contributed by atoms with E-state index in [4.69, 9.17) is 0 Å². The van der Waals surface area contributed by atoms with Gasteiger partial charge in [0.25, 0.3) is 0 Å². The fourth-order valence-electron chi connectivity index (χ4n) is 3.26. The third-order valence-electron chi connectivity index (χ3n) is 4.70. The summed E-state index contributed by atoms with van der Waals surface area (Å²) in [7, 11) is 0. The number of allylic oxidation sites excluding steroid dienone is 2. The molecule has 0 spiro atoms. The molecule has 1 nitrogen and oxygen atoms in total. The normalized spacial score (nSPS) is 16.6. The van der Waals surface area contributed by atoms with Crippen molar-refractivity contribution < 1.29 is 0 Å². The highest BCUT2D eigenvalue weighted by atomic mass is 14.9. The first-order valence-electron chi connectivity index (χ1n) is 8.70. The van der Waals surface area contributed by atoms with Crippen molar-refractivity contribution in [1.82, 2.24) is 5.32 Å². The molecule has 0 aliphatic carbocycles. The molecule has 1 aliphatic heterocycles. The highest BCUT2D eigenvalue weighted by Crippen LogP contribution is 2.29. The molecule has 0 saturated heterocycles. The molecule has 3 aromatic rings. The lowest BCUT2D eigenvalue weighted by Gasteiger charge is -2.23. The van der Waals surface area contributed by atoms with E-state index in [9.17, 15) is 0 Å². The van der Waals surface area contributed by atoms with Gasteiger partial charge >= 0.3 is 0 Å². The van der Waals surface area contributed by atoms with Gasteiger partial charge in [0, 0.05) is 12.2 Å². The number of dihydropyridines is 1. The summed E-state index contributed by atoms with van der Waals surface area (Å²) in [5, 5.41) is 3.50. The maximum absolute atomic E-state index is 3.50. The Morgan fingerprint density at radius 3 is 1.76 bits per heavy atom. The highest BCUT2D eigenvalue weighted by molar-refractivity contribution is 5.87. The second kappa shape index (κ2) is 6.82. The molecule has 1 atom stereocenters. The molecule has 0 saturated carbocycles. The SMILES string of the molecule is CC1NC=C(c2ccc(-c3ccccc3)cc2)C=C1c1ccccc1. The van der Waals surface area contributed by atoms with Crippen molar-refractivity contribution in [3.05, 3.63) is 108 Å². The van der Waals surface area contributed by atoms with Gasteiger partial charge in [-0.25, -0.2) is 0 Å². The van der Waals surface area contributed by atoms with E-state index >= 15 is 0 Å². The lowest BCUT2D eigenvalue weighted by Crippen LogP contribution is -2.25. The molecule has 1 N–H and O–H groups in total. The van der Waals surface area contributed by atoms with Crippen LogP contribution in [0.25, 0.3) is 22.3 Å². The summed E-state index contributed by atoms with van der Waals surface area (Å²) < 4.78 is 0. The zero-order valence-electron chi connectivity index (χ0n) is 14.3. The topological polar surface area (TPSA) is 12.0 Å². The lowest BCUT2D eigenvalue weighted by atomic mass is 9.92. The summed E-state index contributed by atoms with van der Waals surface area (Å²) in [6.07, 6.45) is 4.42. The van der Waals surface area contributed by atoms with Crippen LogP contribution in [0.5, 0.6) is 0 Å². The predicted molar refractivity (Wildman–Crippen MR) is 107 cm³/mol. The van der Waals surface area contributed by atoms with Gasteiger partial charge in [-0.1, -0.05) is 84.9 Å². The fraction of sp³-hybridized carbons (Fsp3) is 0.0833. The second-order valence-corrected chi connectivity index (χ2v) is 6.40. The average Bonchev–Trinajstić information content (AvgIpc) is 2.70. The molecule has 25 heavy (non-hydrogen) atoms. The van der Waals surface area contributed by atoms with Crippen LogP contribution in [-0.2, 0) is 0 Å². The van der Waals surface area contributed by atoms with E-state index in [-0.39, 0.29) is 0 Å². The van der Waals surface area contributed by atoms with Gasteiger partial charge in [-0.15, -0.1) is 0 Å². The zero-order valence-corrected chi connectivity index (χ0v) is 14.3. The molecular weight excluding hydrogens is 302 g/mol. The Balaban J connectivity index is 1.65. The summed E-state index contributed by atoms with van der Waals surface area (Å²) in [5.74, 6) is 0. The Morgan fingerprint density at radius 2 is 1.12 bits per heavy atom. The first kappa shape index (κ1) is 15.5. The largest absolute Gasteiger partial charge is 0.384 e. The Kier molecular flexibility index (Phi) is 4.22. The first-order valence-corrected chi connectivity index (χ1v) is 8.70. The molecule has 0 aromatic heterocycles. The van der Waals surface area contributed by atoms with E-state index in [1.807, 2.05) is 6.07 Å². The molecule has 0 radical (unpaired) electrons. The predicted octanol–water partition coefficient (Wildman–Crippen LogP) is 5.77. The van der Waals surface area contributed by atoms with Gasteiger partial charge in [-0.3, -0.25) is 0 Å². The smallest absolute Gasteiger partial charge is 0.0486 e. The quantitative estimate of drug-likeness (QED) is 0.645. The monoisotopic (exact) mass is 323 g/mol. The van der Waals surface area contributed by atoms with Crippen molar-refractivity contribution in [3.8, 4) is 11.1 Å². The fourth-order valence-corrected chi connectivity index (χ4v) is 3.26. The van der Waals surface area contributed by atoms with Crippen LogP contribution in [0.2, 0.25) is 0 Å². The van der Waals surface area contributed by atoms with Gasteiger partial charge < -0.3 is 5.32 Å². The molecule has 0 bridgehead atoms. The summed E-state index contributed by atoms with van der Waals surface area (Å²) in [5.41, 5.74) is 7.54. The van der Waals surface area contributed by atoms with Gasteiger partial charge in [0.2, 0.25) is 0 Å². The van der Waals surface area contributed by atoms with Crippen molar-refractivity contribution in [2.24, 2.45) is 0 Å². The Bertz CT molecular complexity index is 903. The van der Waals surface area contributed by atoms with Gasteiger partial charge in [-0.05, 0) is 46.4 Å². The first-order chi connectivity index (χ1) is 12.3.